The Morgan fingerprint density at radius 2 is 1.77 bits per heavy atom. The van der Waals surface area contributed by atoms with Gasteiger partial charge in [0.15, 0.2) is 0 Å². The lowest BCUT2D eigenvalue weighted by molar-refractivity contribution is -0.124. The van der Waals surface area contributed by atoms with Crippen molar-refractivity contribution in [1.82, 2.24) is 14.9 Å². The number of nitrogens with two attached hydrogens (primary N) is 2. The van der Waals surface area contributed by atoms with Crippen molar-refractivity contribution in [3.63, 3.8) is 0 Å². The van der Waals surface area contributed by atoms with Crippen LogP contribution in [-0.4, -0.2) is 49.4 Å². The van der Waals surface area contributed by atoms with E-state index in [4.69, 9.17) is 11.5 Å². The maximum absolute atomic E-state index is 12.8. The molecule has 1 aliphatic heterocycles. The van der Waals surface area contributed by atoms with E-state index in [0.29, 0.717) is 22.9 Å². The molecule has 2 fully saturated rings. The van der Waals surface area contributed by atoms with Crippen molar-refractivity contribution in [3.05, 3.63) is 35.9 Å². The highest BCUT2D eigenvalue weighted by Crippen LogP contribution is 2.28. The summed E-state index contributed by atoms with van der Waals surface area (Å²) in [5.74, 6) is 0.718. The molecule has 6 N–H and O–H groups in total. The number of aliphatic imine (C=N–C) groups is 1. The molecule has 3 aliphatic rings. The third-order valence-electron chi connectivity index (χ3n) is 6.12. The van der Waals surface area contributed by atoms with E-state index in [2.05, 4.69) is 21.6 Å². The second-order valence-corrected chi connectivity index (χ2v) is 10.4. The first-order chi connectivity index (χ1) is 14.7. The molecule has 0 bridgehead atoms. The quantitative estimate of drug-likeness (QED) is 0.478. The van der Waals surface area contributed by atoms with E-state index < -0.39 is 10.0 Å². The number of amidine groups is 1. The van der Waals surface area contributed by atoms with Crippen LogP contribution in [0.15, 0.2) is 40.9 Å². The number of carbonyl (C=O) groups excluding carboxylic acids is 1. The minimum absolute atomic E-state index is 0.0397. The van der Waals surface area contributed by atoms with Crippen LogP contribution in [-0.2, 0) is 14.8 Å². The Hall–Kier alpha value is -2.33. The second-order valence-electron chi connectivity index (χ2n) is 8.65. The van der Waals surface area contributed by atoms with Crippen LogP contribution in [0.5, 0.6) is 0 Å². The average Bonchev–Trinajstić information content (AvgIpc) is 2.69. The normalized spacial score (nSPS) is 28.6. The lowest BCUT2D eigenvalue weighted by Gasteiger charge is -2.37. The summed E-state index contributed by atoms with van der Waals surface area (Å²) < 4.78 is 25.5. The van der Waals surface area contributed by atoms with Gasteiger partial charge in [-0.1, -0.05) is 25.8 Å². The van der Waals surface area contributed by atoms with Crippen LogP contribution < -0.4 is 21.5 Å². The van der Waals surface area contributed by atoms with E-state index in [1.807, 2.05) is 0 Å². The molecule has 9 nitrogen and oxygen atoms in total. The highest BCUT2D eigenvalue weighted by atomic mass is 32.2. The monoisotopic (exact) mass is 450 g/mol. The number of hydrogen-bond donors (Lipinski definition) is 4. The van der Waals surface area contributed by atoms with Gasteiger partial charge in [-0.25, -0.2) is 18.1 Å². The van der Waals surface area contributed by atoms with Crippen LogP contribution in [0.25, 0.3) is 0 Å². The van der Waals surface area contributed by atoms with Crippen molar-refractivity contribution in [1.29, 1.82) is 0 Å². The number of carbonyl (C=O) groups is 1. The van der Waals surface area contributed by atoms with Gasteiger partial charge < -0.3 is 16.8 Å². The summed E-state index contributed by atoms with van der Waals surface area (Å²) in [5.41, 5.74) is 12.7. The van der Waals surface area contributed by atoms with E-state index >= 15 is 0 Å². The fourth-order valence-corrected chi connectivity index (χ4v) is 5.52. The number of amides is 1. The lowest BCUT2D eigenvalue weighted by atomic mass is 9.92. The van der Waals surface area contributed by atoms with Gasteiger partial charge in [0.25, 0.3) is 5.91 Å². The van der Waals surface area contributed by atoms with Gasteiger partial charge in [-0.3, -0.25) is 9.69 Å². The summed E-state index contributed by atoms with van der Waals surface area (Å²) >= 11 is 0. The molecule has 31 heavy (non-hydrogen) atoms. The number of hydrogen-bond acceptors (Lipinski definition) is 7. The Kier molecular flexibility index (Phi) is 7.42. The highest BCUT2D eigenvalue weighted by molar-refractivity contribution is 7.88. The van der Waals surface area contributed by atoms with Gasteiger partial charge in [0.05, 0.1) is 11.8 Å². The number of nitrogens with zero attached hydrogens (tertiary/aromatic N) is 2. The third-order valence-corrected chi connectivity index (χ3v) is 6.88. The molecule has 3 rings (SSSR count). The Balaban J connectivity index is 1.72. The van der Waals surface area contributed by atoms with Gasteiger partial charge in [0.1, 0.15) is 11.7 Å². The van der Waals surface area contributed by atoms with Gasteiger partial charge in [-0.05, 0) is 38.5 Å². The highest BCUT2D eigenvalue weighted by Gasteiger charge is 2.34. The molecule has 0 aromatic carbocycles. The van der Waals surface area contributed by atoms with Crippen LogP contribution in [0.2, 0.25) is 0 Å². The maximum Gasteiger partial charge on any atom is 0.254 e. The minimum Gasteiger partial charge on any atom is -0.404 e. The van der Waals surface area contributed by atoms with Crippen LogP contribution in [0, 0.1) is 0 Å². The first-order valence-corrected chi connectivity index (χ1v) is 12.8. The summed E-state index contributed by atoms with van der Waals surface area (Å²) in [6, 6.07) is 0.168. The van der Waals surface area contributed by atoms with E-state index in [1.165, 1.54) is 25.0 Å². The Morgan fingerprint density at radius 3 is 2.35 bits per heavy atom. The smallest absolute Gasteiger partial charge is 0.254 e. The van der Waals surface area contributed by atoms with Crippen molar-refractivity contribution in [2.45, 2.75) is 75.9 Å². The molecule has 172 valence electrons. The Bertz CT molecular complexity index is 894. The predicted molar refractivity (Wildman–Crippen MR) is 122 cm³/mol. The zero-order valence-corrected chi connectivity index (χ0v) is 19.0. The minimum atomic E-state index is -3.20. The van der Waals surface area contributed by atoms with E-state index in [0.717, 1.165) is 51.4 Å². The molecule has 1 amide bonds. The molecular formula is C21H34N6O3S. The molecule has 2 aliphatic carbocycles. The fourth-order valence-electron chi connectivity index (χ4n) is 4.67. The molecule has 1 heterocycles. The lowest BCUT2D eigenvalue weighted by Crippen LogP contribution is -2.49. The molecule has 0 unspecified atom stereocenters. The number of rotatable bonds is 6. The molecule has 2 saturated carbocycles. The molecule has 0 atom stereocenters. The van der Waals surface area contributed by atoms with Crippen molar-refractivity contribution < 1.29 is 13.2 Å². The maximum atomic E-state index is 12.8. The molecule has 0 saturated heterocycles. The summed E-state index contributed by atoms with van der Waals surface area (Å²) in [4.78, 5) is 19.2. The fraction of sp³-hybridized carbons (Fsp3) is 0.619. The Morgan fingerprint density at radius 1 is 1.16 bits per heavy atom. The van der Waals surface area contributed by atoms with Gasteiger partial charge in [0, 0.05) is 36.1 Å². The Labute approximate surface area is 184 Å². The zero-order valence-electron chi connectivity index (χ0n) is 18.1. The topological polar surface area (TPSA) is 143 Å². The van der Waals surface area contributed by atoms with Crippen molar-refractivity contribution in [3.8, 4) is 0 Å². The third kappa shape index (κ3) is 6.10. The number of nitrogens with one attached hydrogen (secondary N) is 2. The molecule has 0 aromatic heterocycles. The molecule has 0 radical (unpaired) electrons. The first-order valence-electron chi connectivity index (χ1n) is 10.9. The van der Waals surface area contributed by atoms with E-state index in [9.17, 15) is 13.2 Å². The van der Waals surface area contributed by atoms with Crippen LogP contribution in [0.3, 0.4) is 0 Å². The standard InChI is InChI=1S/C21H34N6O3S/c1-14(24-15-8-10-16(11-9-15)26-31(2,29)30)25-21-18(13-22)19(23)12-20(28)27(21)17-6-4-3-5-7-17/h12-13,15-17,24,26H,1,3-11,22-23H2,2H3/b18-13-,25-21+. The molecule has 10 heteroatoms. The summed E-state index contributed by atoms with van der Waals surface area (Å²) in [6.45, 7) is 4.04. The second kappa shape index (κ2) is 9.86. The van der Waals surface area contributed by atoms with Gasteiger partial charge in [-0.15, -0.1) is 0 Å². The van der Waals surface area contributed by atoms with Crippen molar-refractivity contribution in [2.75, 3.05) is 6.26 Å². The van der Waals surface area contributed by atoms with Crippen LogP contribution >= 0.6 is 0 Å². The van der Waals surface area contributed by atoms with Gasteiger partial charge in [-0.2, -0.15) is 0 Å². The average molecular weight is 451 g/mol. The predicted octanol–water partition coefficient (Wildman–Crippen LogP) is 1.17. The number of sulfonamides is 1. The van der Waals surface area contributed by atoms with E-state index in [1.54, 1.807) is 4.90 Å². The van der Waals surface area contributed by atoms with Gasteiger partial charge >= 0.3 is 0 Å². The summed E-state index contributed by atoms with van der Waals surface area (Å²) in [6.07, 6.45) is 12.2. The van der Waals surface area contributed by atoms with Crippen molar-refractivity contribution >= 4 is 21.8 Å². The molecular weight excluding hydrogens is 416 g/mol. The zero-order chi connectivity index (χ0) is 22.6. The van der Waals surface area contributed by atoms with Gasteiger partial charge in [0.2, 0.25) is 10.0 Å². The van der Waals surface area contributed by atoms with Crippen LogP contribution in [0.1, 0.15) is 57.8 Å². The van der Waals surface area contributed by atoms with Crippen molar-refractivity contribution in [2.24, 2.45) is 16.5 Å². The molecule has 0 aromatic rings. The van der Waals surface area contributed by atoms with Crippen LogP contribution in [0.4, 0.5) is 0 Å². The summed E-state index contributed by atoms with van der Waals surface area (Å²) in [5, 5.41) is 3.32. The first kappa shape index (κ1) is 23.3. The van der Waals surface area contributed by atoms with E-state index in [-0.39, 0.29) is 24.0 Å². The summed E-state index contributed by atoms with van der Waals surface area (Å²) in [7, 11) is -3.20. The molecule has 0 spiro atoms. The SMILES string of the molecule is C=C(/N=C1\C(=C/N)C(N)=CC(=O)N1C1CCCCC1)NC1CCC(NS(C)(=O)=O)CC1. The largest absolute Gasteiger partial charge is 0.404 e.